The van der Waals surface area contributed by atoms with Gasteiger partial charge in [-0.2, -0.15) is 4.98 Å². The molecule has 0 radical (unpaired) electrons. The molecule has 0 bridgehead atoms. The minimum absolute atomic E-state index is 0.0124. The molecule has 1 saturated heterocycles. The summed E-state index contributed by atoms with van der Waals surface area (Å²) in [4.78, 5) is 18.8. The Labute approximate surface area is 176 Å². The van der Waals surface area contributed by atoms with Gasteiger partial charge in [0.1, 0.15) is 11.6 Å². The molecule has 1 atom stereocenters. The Hall–Kier alpha value is -2.84. The van der Waals surface area contributed by atoms with Gasteiger partial charge >= 0.3 is 0 Å². The highest BCUT2D eigenvalue weighted by Gasteiger charge is 2.27. The van der Waals surface area contributed by atoms with Crippen LogP contribution >= 0.6 is 11.6 Å². The zero-order valence-corrected chi connectivity index (χ0v) is 16.7. The number of nitrogens with one attached hydrogen (secondary N) is 1. The molecule has 156 valence electrons. The first kappa shape index (κ1) is 20.4. The molecular formula is C21H19ClF2N4O2. The van der Waals surface area contributed by atoms with Crippen molar-refractivity contribution < 1.29 is 18.1 Å². The van der Waals surface area contributed by atoms with Gasteiger partial charge in [-0.05, 0) is 49.7 Å². The smallest absolute Gasteiger partial charge is 0.238 e. The van der Waals surface area contributed by atoms with Gasteiger partial charge in [-0.1, -0.05) is 28.9 Å². The van der Waals surface area contributed by atoms with Gasteiger partial charge < -0.3 is 9.84 Å². The lowest BCUT2D eigenvalue weighted by Gasteiger charge is -2.30. The van der Waals surface area contributed by atoms with Gasteiger partial charge in [0, 0.05) is 17.8 Å². The summed E-state index contributed by atoms with van der Waals surface area (Å²) in [5.41, 5.74) is 0.992. The van der Waals surface area contributed by atoms with E-state index in [-0.39, 0.29) is 29.2 Å². The molecule has 30 heavy (non-hydrogen) atoms. The number of likely N-dealkylation sites (tertiary alicyclic amines) is 1. The maximum atomic E-state index is 13.4. The van der Waals surface area contributed by atoms with Crippen molar-refractivity contribution in [2.24, 2.45) is 0 Å². The molecule has 2 heterocycles. The fraction of sp³-hybridized carbons (Fsp3) is 0.286. The number of rotatable bonds is 5. The standard InChI is InChI=1S/C21H19ClF2N4O2/c22-17-10-16(6-7-18(17)24)25-19(29)12-28-8-2-4-14(11-28)21-26-20(27-30-21)13-3-1-5-15(23)9-13/h1,3,5-7,9-10,14H,2,4,8,11-12H2,(H,25,29). The number of hydrogen-bond acceptors (Lipinski definition) is 5. The summed E-state index contributed by atoms with van der Waals surface area (Å²) in [6.07, 6.45) is 1.73. The summed E-state index contributed by atoms with van der Waals surface area (Å²) in [5.74, 6) is -0.315. The van der Waals surface area contributed by atoms with Gasteiger partial charge in [0.25, 0.3) is 0 Å². The van der Waals surface area contributed by atoms with E-state index in [1.807, 2.05) is 4.90 Å². The molecule has 1 aromatic heterocycles. The van der Waals surface area contributed by atoms with Crippen LogP contribution in [0.1, 0.15) is 24.7 Å². The van der Waals surface area contributed by atoms with Crippen molar-refractivity contribution in [2.75, 3.05) is 25.0 Å². The van der Waals surface area contributed by atoms with Crippen LogP contribution in [-0.4, -0.2) is 40.6 Å². The topological polar surface area (TPSA) is 71.3 Å². The molecule has 1 aliphatic rings. The molecule has 6 nitrogen and oxygen atoms in total. The number of carbonyl (C=O) groups is 1. The van der Waals surface area contributed by atoms with E-state index in [0.29, 0.717) is 29.5 Å². The lowest BCUT2D eigenvalue weighted by atomic mass is 9.98. The molecule has 1 aliphatic heterocycles. The molecule has 2 aromatic carbocycles. The number of piperidine rings is 1. The van der Waals surface area contributed by atoms with Crippen LogP contribution in [0.3, 0.4) is 0 Å². The van der Waals surface area contributed by atoms with E-state index in [1.54, 1.807) is 12.1 Å². The Bertz CT molecular complexity index is 1060. The predicted octanol–water partition coefficient (Wildman–Crippen LogP) is 4.49. The van der Waals surface area contributed by atoms with Gasteiger partial charge in [0.05, 0.1) is 17.5 Å². The Morgan fingerprint density at radius 2 is 2.13 bits per heavy atom. The van der Waals surface area contributed by atoms with Crippen LogP contribution in [0.25, 0.3) is 11.4 Å². The summed E-state index contributed by atoms with van der Waals surface area (Å²) >= 11 is 5.75. The zero-order valence-electron chi connectivity index (χ0n) is 15.9. The third kappa shape index (κ3) is 4.83. The Morgan fingerprint density at radius 1 is 1.27 bits per heavy atom. The summed E-state index contributed by atoms with van der Waals surface area (Å²) in [7, 11) is 0. The molecular weight excluding hydrogens is 414 g/mol. The van der Waals surface area contributed by atoms with Crippen molar-refractivity contribution in [1.82, 2.24) is 15.0 Å². The molecule has 0 aliphatic carbocycles. The van der Waals surface area contributed by atoms with Crippen LogP contribution in [0.2, 0.25) is 5.02 Å². The van der Waals surface area contributed by atoms with Crippen molar-refractivity contribution in [1.29, 1.82) is 0 Å². The second kappa shape index (κ2) is 8.89. The lowest BCUT2D eigenvalue weighted by molar-refractivity contribution is -0.117. The molecule has 1 amide bonds. The van der Waals surface area contributed by atoms with E-state index in [2.05, 4.69) is 15.5 Å². The number of anilines is 1. The van der Waals surface area contributed by atoms with E-state index in [1.165, 1.54) is 30.3 Å². The number of benzene rings is 2. The van der Waals surface area contributed by atoms with Gasteiger partial charge in [-0.15, -0.1) is 0 Å². The number of carbonyl (C=O) groups excluding carboxylic acids is 1. The minimum Gasteiger partial charge on any atom is -0.339 e. The maximum Gasteiger partial charge on any atom is 0.238 e. The third-order valence-corrected chi connectivity index (χ3v) is 5.24. The first-order chi connectivity index (χ1) is 14.5. The molecule has 1 N–H and O–H groups in total. The maximum absolute atomic E-state index is 13.4. The van der Waals surface area contributed by atoms with Gasteiger partial charge in [0.15, 0.2) is 0 Å². The first-order valence-corrected chi connectivity index (χ1v) is 9.92. The first-order valence-electron chi connectivity index (χ1n) is 9.55. The SMILES string of the molecule is O=C(CN1CCCC(c2nc(-c3cccc(F)c3)no2)C1)Nc1ccc(F)c(Cl)c1. The van der Waals surface area contributed by atoms with Crippen molar-refractivity contribution in [2.45, 2.75) is 18.8 Å². The quantitative estimate of drug-likeness (QED) is 0.643. The van der Waals surface area contributed by atoms with Gasteiger partial charge in [0.2, 0.25) is 17.6 Å². The highest BCUT2D eigenvalue weighted by atomic mass is 35.5. The number of hydrogen-bond donors (Lipinski definition) is 1. The number of nitrogens with zero attached hydrogens (tertiary/aromatic N) is 3. The molecule has 1 unspecified atom stereocenters. The van der Waals surface area contributed by atoms with Crippen molar-refractivity contribution >= 4 is 23.2 Å². The summed E-state index contributed by atoms with van der Waals surface area (Å²) in [6.45, 7) is 1.53. The van der Waals surface area contributed by atoms with Crippen molar-refractivity contribution in [3.05, 3.63) is 65.0 Å². The fourth-order valence-corrected chi connectivity index (χ4v) is 3.70. The number of aromatic nitrogens is 2. The average molecular weight is 433 g/mol. The average Bonchev–Trinajstić information content (AvgIpc) is 3.21. The Kier molecular flexibility index (Phi) is 6.06. The molecule has 4 rings (SSSR count). The Balaban J connectivity index is 1.37. The molecule has 0 spiro atoms. The van der Waals surface area contributed by atoms with Gasteiger partial charge in [-0.3, -0.25) is 9.69 Å². The van der Waals surface area contributed by atoms with E-state index in [9.17, 15) is 13.6 Å². The van der Waals surface area contributed by atoms with E-state index in [0.717, 1.165) is 19.4 Å². The molecule has 1 fully saturated rings. The second-order valence-electron chi connectivity index (χ2n) is 7.22. The minimum atomic E-state index is -0.536. The van der Waals surface area contributed by atoms with Crippen LogP contribution in [0.4, 0.5) is 14.5 Å². The van der Waals surface area contributed by atoms with Crippen molar-refractivity contribution in [3.8, 4) is 11.4 Å². The fourth-order valence-electron chi connectivity index (χ4n) is 3.52. The van der Waals surface area contributed by atoms with E-state index < -0.39 is 5.82 Å². The highest BCUT2D eigenvalue weighted by molar-refractivity contribution is 6.31. The molecule has 0 saturated carbocycles. The summed E-state index contributed by atoms with van der Waals surface area (Å²) in [6, 6.07) is 10.1. The van der Waals surface area contributed by atoms with Crippen LogP contribution in [0, 0.1) is 11.6 Å². The largest absolute Gasteiger partial charge is 0.339 e. The summed E-state index contributed by atoms with van der Waals surface area (Å²) in [5, 5.41) is 6.65. The molecule has 9 heteroatoms. The lowest BCUT2D eigenvalue weighted by Crippen LogP contribution is -2.39. The van der Waals surface area contributed by atoms with Gasteiger partial charge in [-0.25, -0.2) is 8.78 Å². The van der Waals surface area contributed by atoms with Crippen molar-refractivity contribution in [3.63, 3.8) is 0 Å². The Morgan fingerprint density at radius 3 is 2.93 bits per heavy atom. The highest BCUT2D eigenvalue weighted by Crippen LogP contribution is 2.28. The molecule has 3 aromatic rings. The number of amides is 1. The number of halogens is 3. The van der Waals surface area contributed by atoms with E-state index in [4.69, 9.17) is 16.1 Å². The normalized spacial score (nSPS) is 17.1. The predicted molar refractivity (Wildman–Crippen MR) is 108 cm³/mol. The second-order valence-corrected chi connectivity index (χ2v) is 7.63. The van der Waals surface area contributed by atoms with E-state index >= 15 is 0 Å². The van der Waals surface area contributed by atoms with Crippen LogP contribution in [-0.2, 0) is 4.79 Å². The monoisotopic (exact) mass is 432 g/mol. The third-order valence-electron chi connectivity index (χ3n) is 4.95. The zero-order chi connectivity index (χ0) is 21.1. The van der Waals surface area contributed by atoms with Crippen LogP contribution in [0.5, 0.6) is 0 Å². The summed E-state index contributed by atoms with van der Waals surface area (Å²) < 4.78 is 32.1. The van der Waals surface area contributed by atoms with Crippen LogP contribution < -0.4 is 5.32 Å². The van der Waals surface area contributed by atoms with Crippen LogP contribution in [0.15, 0.2) is 47.0 Å².